The molecule has 1 N–H and O–H groups in total. The van der Waals surface area contributed by atoms with Crippen LogP contribution in [0.3, 0.4) is 0 Å². The summed E-state index contributed by atoms with van der Waals surface area (Å²) in [5, 5.41) is 11.6. The minimum Gasteiger partial charge on any atom is -0.370 e. The van der Waals surface area contributed by atoms with Crippen LogP contribution in [0.1, 0.15) is 62.5 Å². The Labute approximate surface area is 275 Å². The molecule has 0 aromatic carbocycles. The molecule has 0 atom stereocenters. The molecular formula is C34H40N10O2S. The van der Waals surface area contributed by atoms with Gasteiger partial charge in [0, 0.05) is 44.3 Å². The summed E-state index contributed by atoms with van der Waals surface area (Å²) in [6, 6.07) is 3.84. The van der Waals surface area contributed by atoms with Crippen LogP contribution in [-0.2, 0) is 16.6 Å². The van der Waals surface area contributed by atoms with Crippen LogP contribution in [0, 0.1) is 23.2 Å². The van der Waals surface area contributed by atoms with Gasteiger partial charge in [-0.1, -0.05) is 11.8 Å². The normalized spacial score (nSPS) is 19.8. The SMILES string of the molecule is CN1CCC2(CC1)CCN(c1cc(Nc3ccnc(-c4cnn(S(=O)(=O)C5CC5)c4)n3)ncc1C#Cc1cnn(CC3CC3)c1)CC2. The maximum absolute atomic E-state index is 12.6. The van der Waals surface area contributed by atoms with Gasteiger partial charge < -0.3 is 15.1 Å². The van der Waals surface area contributed by atoms with E-state index in [2.05, 4.69) is 60.2 Å². The highest BCUT2D eigenvalue weighted by atomic mass is 32.2. The Morgan fingerprint density at radius 3 is 2.47 bits per heavy atom. The fourth-order valence-corrected chi connectivity index (χ4v) is 8.17. The number of anilines is 3. The van der Waals surface area contributed by atoms with E-state index in [9.17, 15) is 8.42 Å². The van der Waals surface area contributed by atoms with Gasteiger partial charge in [-0.05, 0) is 88.9 Å². The van der Waals surface area contributed by atoms with Crippen molar-refractivity contribution in [2.45, 2.75) is 63.2 Å². The van der Waals surface area contributed by atoms with E-state index in [1.807, 2.05) is 23.3 Å². The molecule has 4 aromatic rings. The predicted molar refractivity (Wildman–Crippen MR) is 180 cm³/mol. The highest BCUT2D eigenvalue weighted by molar-refractivity contribution is 7.90. The van der Waals surface area contributed by atoms with Gasteiger partial charge in [-0.15, -0.1) is 0 Å². The number of pyridine rings is 1. The molecule has 4 aromatic heterocycles. The summed E-state index contributed by atoms with van der Waals surface area (Å²) in [6.45, 7) is 5.27. The summed E-state index contributed by atoms with van der Waals surface area (Å²) in [5.41, 5.74) is 3.82. The Hall–Kier alpha value is -4.28. The number of hydrogen-bond donors (Lipinski definition) is 1. The molecule has 4 aliphatic rings. The lowest BCUT2D eigenvalue weighted by atomic mass is 9.71. The summed E-state index contributed by atoms with van der Waals surface area (Å²) in [6.07, 6.45) is 19.1. The summed E-state index contributed by atoms with van der Waals surface area (Å²) in [4.78, 5) is 18.7. The molecule has 4 fully saturated rings. The predicted octanol–water partition coefficient (Wildman–Crippen LogP) is 4.14. The molecule has 2 saturated heterocycles. The quantitative estimate of drug-likeness (QED) is 0.278. The molecule has 13 heteroatoms. The molecule has 0 bridgehead atoms. The largest absolute Gasteiger partial charge is 0.370 e. The van der Waals surface area contributed by atoms with Gasteiger partial charge in [0.05, 0.1) is 46.2 Å². The molecule has 2 saturated carbocycles. The summed E-state index contributed by atoms with van der Waals surface area (Å²) < 4.78 is 28.3. The zero-order chi connectivity index (χ0) is 32.0. The fourth-order valence-electron chi connectivity index (χ4n) is 6.69. The molecule has 6 heterocycles. The summed E-state index contributed by atoms with van der Waals surface area (Å²) >= 11 is 0. The van der Waals surface area contributed by atoms with Gasteiger partial charge in [-0.3, -0.25) is 4.68 Å². The molecule has 12 nitrogen and oxygen atoms in total. The lowest BCUT2D eigenvalue weighted by Gasteiger charge is -2.47. The maximum atomic E-state index is 12.6. The monoisotopic (exact) mass is 652 g/mol. The van der Waals surface area contributed by atoms with Crippen LogP contribution >= 0.6 is 0 Å². The van der Waals surface area contributed by atoms with Crippen molar-refractivity contribution in [2.75, 3.05) is 43.4 Å². The van der Waals surface area contributed by atoms with Gasteiger partial charge in [0.1, 0.15) is 11.6 Å². The molecule has 244 valence electrons. The maximum Gasteiger partial charge on any atom is 0.256 e. The van der Waals surface area contributed by atoms with Gasteiger partial charge in [0.2, 0.25) is 0 Å². The number of likely N-dealkylation sites (tertiary alicyclic amines) is 1. The Morgan fingerprint density at radius 2 is 1.70 bits per heavy atom. The van der Waals surface area contributed by atoms with E-state index >= 15 is 0 Å². The van der Waals surface area contributed by atoms with Crippen molar-refractivity contribution >= 4 is 27.3 Å². The van der Waals surface area contributed by atoms with E-state index < -0.39 is 10.0 Å². The van der Waals surface area contributed by atoms with Crippen LogP contribution in [0.2, 0.25) is 0 Å². The topological polar surface area (TPSA) is 127 Å². The Balaban J connectivity index is 1.04. The van der Waals surface area contributed by atoms with Crippen molar-refractivity contribution in [3.8, 4) is 23.2 Å². The molecular weight excluding hydrogens is 613 g/mol. The first-order valence-electron chi connectivity index (χ1n) is 16.7. The van der Waals surface area contributed by atoms with Gasteiger partial charge in [-0.2, -0.15) is 14.3 Å². The summed E-state index contributed by atoms with van der Waals surface area (Å²) in [5.74, 6) is 9.09. The van der Waals surface area contributed by atoms with E-state index in [0.29, 0.717) is 41.3 Å². The van der Waals surface area contributed by atoms with Crippen LogP contribution < -0.4 is 10.2 Å². The van der Waals surface area contributed by atoms with Crippen molar-refractivity contribution in [1.29, 1.82) is 0 Å². The third-order valence-corrected chi connectivity index (χ3v) is 12.2. The van der Waals surface area contributed by atoms with Gasteiger partial charge in [0.25, 0.3) is 10.0 Å². The van der Waals surface area contributed by atoms with Crippen molar-refractivity contribution in [1.82, 2.24) is 38.8 Å². The smallest absolute Gasteiger partial charge is 0.256 e. The molecule has 1 spiro atoms. The minimum atomic E-state index is -3.47. The van der Waals surface area contributed by atoms with Gasteiger partial charge >= 0.3 is 0 Å². The average molecular weight is 653 g/mol. The number of hydrogen-bond acceptors (Lipinski definition) is 10. The van der Waals surface area contributed by atoms with Crippen molar-refractivity contribution in [3.05, 3.63) is 60.4 Å². The molecule has 8 rings (SSSR count). The average Bonchev–Trinajstić information content (AvgIpc) is 4.00. The van der Waals surface area contributed by atoms with Crippen LogP contribution in [0.25, 0.3) is 11.4 Å². The van der Waals surface area contributed by atoms with E-state index in [1.54, 1.807) is 12.3 Å². The number of nitrogens with zero attached hydrogens (tertiary/aromatic N) is 9. The van der Waals surface area contributed by atoms with E-state index in [4.69, 9.17) is 4.98 Å². The van der Waals surface area contributed by atoms with E-state index in [-0.39, 0.29) is 5.25 Å². The first-order chi connectivity index (χ1) is 22.8. The number of piperidine rings is 2. The van der Waals surface area contributed by atoms with Gasteiger partial charge in [-0.25, -0.2) is 23.4 Å². The first kappa shape index (κ1) is 30.1. The standard InChI is InChI=1S/C34H40N10O2S/c1-41-14-9-34(10-15-41)11-16-42(17-12-34)30-18-32(36-20-27(30)5-4-26-19-37-43(23-26)22-25-2-3-25)39-31-8-13-35-33(40-31)28-21-38-44(24-28)47(45,46)29-6-7-29/h8,13,18-21,23-25,29H,2-3,6-7,9-12,14-17,22H2,1H3,(H,35,36,39,40). The Bertz CT molecular complexity index is 1930. The lowest BCUT2D eigenvalue weighted by molar-refractivity contribution is 0.0945. The second kappa shape index (κ2) is 12.1. The summed E-state index contributed by atoms with van der Waals surface area (Å²) in [7, 11) is -1.24. The molecule has 47 heavy (non-hydrogen) atoms. The lowest BCUT2D eigenvalue weighted by Crippen LogP contribution is -2.46. The second-order valence-electron chi connectivity index (χ2n) is 13.8. The van der Waals surface area contributed by atoms with Gasteiger partial charge in [0.15, 0.2) is 5.82 Å². The second-order valence-corrected chi connectivity index (χ2v) is 15.8. The van der Waals surface area contributed by atoms with Crippen LogP contribution in [0.5, 0.6) is 0 Å². The zero-order valence-electron chi connectivity index (χ0n) is 26.7. The number of nitrogens with one attached hydrogen (secondary N) is 1. The molecule has 2 aliphatic carbocycles. The molecule has 0 unspecified atom stereocenters. The third kappa shape index (κ3) is 6.62. The zero-order valence-corrected chi connectivity index (χ0v) is 27.5. The van der Waals surface area contributed by atoms with Crippen molar-refractivity contribution in [3.63, 3.8) is 0 Å². The first-order valence-corrected chi connectivity index (χ1v) is 18.2. The van der Waals surface area contributed by atoms with Crippen LogP contribution in [0.4, 0.5) is 17.3 Å². The fraction of sp³-hybridized carbons (Fsp3) is 0.500. The van der Waals surface area contributed by atoms with Crippen molar-refractivity contribution in [2.24, 2.45) is 11.3 Å². The molecule has 0 radical (unpaired) electrons. The van der Waals surface area contributed by atoms with Crippen LogP contribution in [0.15, 0.2) is 49.3 Å². The minimum absolute atomic E-state index is 0.350. The van der Waals surface area contributed by atoms with E-state index in [0.717, 1.165) is 46.5 Å². The van der Waals surface area contributed by atoms with Crippen LogP contribution in [-0.4, -0.2) is 85.7 Å². The number of aromatic nitrogens is 7. The van der Waals surface area contributed by atoms with E-state index in [1.165, 1.54) is 64.0 Å². The highest BCUT2D eigenvalue weighted by Gasteiger charge is 2.38. The Morgan fingerprint density at radius 1 is 0.915 bits per heavy atom. The molecule has 0 amide bonds. The Kier molecular flexibility index (Phi) is 7.72. The molecule has 2 aliphatic heterocycles. The highest BCUT2D eigenvalue weighted by Crippen LogP contribution is 2.42. The van der Waals surface area contributed by atoms with Crippen molar-refractivity contribution < 1.29 is 8.42 Å². The number of rotatable bonds is 8. The third-order valence-electron chi connectivity index (χ3n) is 10.1.